The third-order valence-corrected chi connectivity index (χ3v) is 6.30. The number of aliphatic hydroxyl groups excluding tert-OH is 2. The molecule has 0 aliphatic carbocycles. The van der Waals surface area contributed by atoms with Crippen molar-refractivity contribution in [2.75, 3.05) is 31.6 Å². The topological polar surface area (TPSA) is 151 Å². The maximum atomic E-state index is 12.9. The van der Waals surface area contributed by atoms with Crippen LogP contribution in [0.25, 0.3) is 21.9 Å². The van der Waals surface area contributed by atoms with Crippen molar-refractivity contribution in [1.82, 2.24) is 4.31 Å². The molecule has 0 fully saturated rings. The molecule has 0 aliphatic rings. The Hall–Kier alpha value is -3.41. The highest BCUT2D eigenvalue weighted by Crippen LogP contribution is 2.32. The Morgan fingerprint density at radius 1 is 1.03 bits per heavy atom. The van der Waals surface area contributed by atoms with Crippen LogP contribution < -0.4 is 5.32 Å². The number of anilines is 1. The van der Waals surface area contributed by atoms with E-state index in [9.17, 15) is 8.42 Å². The summed E-state index contributed by atoms with van der Waals surface area (Å²) in [4.78, 5) is 0.0254. The predicted octanol–water partition coefficient (Wildman–Crippen LogP) is 1.90. The third-order valence-electron chi connectivity index (χ3n) is 4.40. The summed E-state index contributed by atoms with van der Waals surface area (Å²) in [6, 6.07) is 13.1. The van der Waals surface area contributed by atoms with Crippen LogP contribution in [0.3, 0.4) is 0 Å². The average Bonchev–Trinajstić information content (AvgIpc) is 3.11. The van der Waals surface area contributed by atoms with Crippen LogP contribution in [0.1, 0.15) is 0 Å². The van der Waals surface area contributed by atoms with Crippen LogP contribution in [-0.4, -0.2) is 49.2 Å². The Bertz CT molecular complexity index is 1280. The van der Waals surface area contributed by atoms with E-state index in [2.05, 4.69) is 5.32 Å². The molecule has 30 heavy (non-hydrogen) atoms. The molecule has 0 bridgehead atoms. The zero-order chi connectivity index (χ0) is 21.7. The van der Waals surface area contributed by atoms with Crippen LogP contribution in [0.15, 0.2) is 57.5 Å². The lowest BCUT2D eigenvalue weighted by atomic mass is 10.1. The molecule has 0 radical (unpaired) electrons. The Morgan fingerprint density at radius 3 is 2.37 bits per heavy atom. The van der Waals surface area contributed by atoms with Crippen molar-refractivity contribution in [2.45, 2.75) is 4.90 Å². The number of aliphatic hydroxyl groups is 2. The van der Waals surface area contributed by atoms with Gasteiger partial charge in [0.1, 0.15) is 28.9 Å². The molecule has 3 aromatic rings. The first-order valence-electron chi connectivity index (χ1n) is 8.89. The van der Waals surface area contributed by atoms with Gasteiger partial charge in [0.2, 0.25) is 10.0 Å². The van der Waals surface area contributed by atoms with Gasteiger partial charge in [0, 0.05) is 41.8 Å². The first kappa shape index (κ1) is 21.3. The third kappa shape index (κ3) is 4.13. The smallest absolute Gasteiger partial charge is 0.243 e. The number of furan rings is 1. The number of hydrogen-bond donors (Lipinski definition) is 3. The zero-order valence-electron chi connectivity index (χ0n) is 15.7. The van der Waals surface area contributed by atoms with E-state index in [4.69, 9.17) is 25.2 Å². The maximum Gasteiger partial charge on any atom is 0.243 e. The van der Waals surface area contributed by atoms with Gasteiger partial charge in [0.15, 0.2) is 0 Å². The first-order valence-corrected chi connectivity index (χ1v) is 10.3. The molecular weight excluding hydrogens is 408 g/mol. The largest absolute Gasteiger partial charge is 0.456 e. The van der Waals surface area contributed by atoms with Gasteiger partial charge in [-0.3, -0.25) is 0 Å². The minimum absolute atomic E-state index is 0.0254. The number of nitrogens with one attached hydrogen (secondary N) is 1. The second-order valence-corrected chi connectivity index (χ2v) is 8.19. The van der Waals surface area contributed by atoms with Crippen LogP contribution in [0.5, 0.6) is 0 Å². The standard InChI is InChI=1S/C20H18N4O5S/c21-11-14(12-22)13-23-15-1-3-17-18-10-16(2-4-19(18)29-20(17)9-15)30(27,28)24(5-7-25)6-8-26/h1-4,9-10,13,23,25-26H,5-8H2. The molecule has 0 spiro atoms. The quantitative estimate of drug-likeness (QED) is 0.462. The fourth-order valence-electron chi connectivity index (χ4n) is 2.98. The van der Waals surface area contributed by atoms with Gasteiger partial charge in [-0.1, -0.05) is 0 Å². The minimum Gasteiger partial charge on any atom is -0.456 e. The summed E-state index contributed by atoms with van der Waals surface area (Å²) in [5, 5.41) is 40.0. The summed E-state index contributed by atoms with van der Waals surface area (Å²) in [6.45, 7) is -0.967. The summed E-state index contributed by atoms with van der Waals surface area (Å²) in [5.74, 6) is 0. The molecule has 0 aliphatic heterocycles. The summed E-state index contributed by atoms with van der Waals surface area (Å²) >= 11 is 0. The Morgan fingerprint density at radius 2 is 1.73 bits per heavy atom. The van der Waals surface area contributed by atoms with Crippen molar-refractivity contribution in [1.29, 1.82) is 10.5 Å². The molecule has 0 unspecified atom stereocenters. The van der Waals surface area contributed by atoms with Crippen molar-refractivity contribution in [3.63, 3.8) is 0 Å². The SMILES string of the molecule is N#CC(C#N)=CNc1ccc2c(c1)oc1ccc(S(=O)(=O)N(CCO)CCO)cc12. The summed E-state index contributed by atoms with van der Waals surface area (Å²) in [7, 11) is -3.91. The molecule has 3 N–H and O–H groups in total. The van der Waals surface area contributed by atoms with E-state index in [0.717, 1.165) is 4.31 Å². The zero-order valence-corrected chi connectivity index (χ0v) is 16.6. The van der Waals surface area contributed by atoms with Crippen LogP contribution in [0.4, 0.5) is 5.69 Å². The van der Waals surface area contributed by atoms with E-state index < -0.39 is 10.0 Å². The highest BCUT2D eigenvalue weighted by molar-refractivity contribution is 7.89. The summed E-state index contributed by atoms with van der Waals surface area (Å²) in [6.07, 6.45) is 1.28. The Labute approximate surface area is 172 Å². The number of nitriles is 2. The lowest BCUT2D eigenvalue weighted by molar-refractivity contribution is 0.217. The lowest BCUT2D eigenvalue weighted by Gasteiger charge is -2.20. The molecule has 0 saturated heterocycles. The predicted molar refractivity (Wildman–Crippen MR) is 110 cm³/mol. The van der Waals surface area contributed by atoms with Gasteiger partial charge in [-0.25, -0.2) is 8.42 Å². The maximum absolute atomic E-state index is 12.9. The molecule has 2 aromatic carbocycles. The molecule has 154 valence electrons. The molecule has 9 nitrogen and oxygen atoms in total. The Kier molecular flexibility index (Phi) is 6.35. The van der Waals surface area contributed by atoms with Gasteiger partial charge in [-0.2, -0.15) is 14.8 Å². The van der Waals surface area contributed by atoms with Gasteiger partial charge in [0.25, 0.3) is 0 Å². The lowest BCUT2D eigenvalue weighted by Crippen LogP contribution is -2.35. The molecule has 0 amide bonds. The van der Waals surface area contributed by atoms with E-state index in [1.165, 1.54) is 18.3 Å². The number of benzene rings is 2. The van der Waals surface area contributed by atoms with Crippen molar-refractivity contribution < 1.29 is 23.0 Å². The van der Waals surface area contributed by atoms with Gasteiger partial charge < -0.3 is 19.9 Å². The van der Waals surface area contributed by atoms with Crippen molar-refractivity contribution in [3.05, 3.63) is 48.2 Å². The molecule has 1 heterocycles. The monoisotopic (exact) mass is 426 g/mol. The number of rotatable bonds is 8. The van der Waals surface area contributed by atoms with Crippen LogP contribution >= 0.6 is 0 Å². The molecule has 1 aromatic heterocycles. The molecular formula is C20H18N4O5S. The second kappa shape index (κ2) is 8.95. The number of hydrogen-bond acceptors (Lipinski definition) is 8. The second-order valence-electron chi connectivity index (χ2n) is 6.25. The van der Waals surface area contributed by atoms with Crippen LogP contribution in [0.2, 0.25) is 0 Å². The van der Waals surface area contributed by atoms with E-state index in [1.807, 2.05) is 0 Å². The van der Waals surface area contributed by atoms with E-state index in [1.54, 1.807) is 36.4 Å². The average molecular weight is 426 g/mol. The number of fused-ring (bicyclic) bond motifs is 3. The van der Waals surface area contributed by atoms with Gasteiger partial charge in [-0.15, -0.1) is 0 Å². The first-order chi connectivity index (χ1) is 14.4. The van der Waals surface area contributed by atoms with Gasteiger partial charge in [-0.05, 0) is 30.3 Å². The van der Waals surface area contributed by atoms with Crippen molar-refractivity contribution >= 4 is 37.6 Å². The van der Waals surface area contributed by atoms with E-state index in [0.29, 0.717) is 27.6 Å². The number of allylic oxidation sites excluding steroid dienone is 1. The van der Waals surface area contributed by atoms with Gasteiger partial charge >= 0.3 is 0 Å². The van der Waals surface area contributed by atoms with Gasteiger partial charge in [0.05, 0.1) is 18.1 Å². The summed E-state index contributed by atoms with van der Waals surface area (Å²) < 4.78 is 32.6. The highest BCUT2D eigenvalue weighted by Gasteiger charge is 2.24. The number of nitrogens with zero attached hydrogens (tertiary/aromatic N) is 3. The summed E-state index contributed by atoms with van der Waals surface area (Å²) in [5.41, 5.74) is 1.50. The highest BCUT2D eigenvalue weighted by atomic mass is 32.2. The number of sulfonamides is 1. The molecule has 0 atom stereocenters. The fraction of sp³-hybridized carbons (Fsp3) is 0.200. The van der Waals surface area contributed by atoms with Crippen molar-refractivity contribution in [3.8, 4) is 12.1 Å². The van der Waals surface area contributed by atoms with E-state index in [-0.39, 0.29) is 36.8 Å². The Balaban J connectivity index is 2.02. The van der Waals surface area contributed by atoms with Crippen LogP contribution in [-0.2, 0) is 10.0 Å². The minimum atomic E-state index is -3.91. The molecule has 0 saturated carbocycles. The van der Waals surface area contributed by atoms with Crippen LogP contribution in [0, 0.1) is 22.7 Å². The van der Waals surface area contributed by atoms with E-state index >= 15 is 0 Å². The normalized spacial score (nSPS) is 11.4. The van der Waals surface area contributed by atoms with Crippen molar-refractivity contribution in [2.24, 2.45) is 0 Å². The molecule has 10 heteroatoms. The fourth-order valence-corrected chi connectivity index (χ4v) is 4.42. The molecule has 3 rings (SSSR count).